The third-order valence-corrected chi connectivity index (χ3v) is 4.97. The summed E-state index contributed by atoms with van der Waals surface area (Å²) in [5.41, 5.74) is 2.62. The van der Waals surface area contributed by atoms with Crippen molar-refractivity contribution >= 4 is 0 Å². The van der Waals surface area contributed by atoms with Gasteiger partial charge in [0.15, 0.2) is 0 Å². The van der Waals surface area contributed by atoms with Crippen molar-refractivity contribution in [3.63, 3.8) is 0 Å². The Morgan fingerprint density at radius 2 is 1.90 bits per heavy atom. The Morgan fingerprint density at radius 1 is 1.10 bits per heavy atom. The Labute approximate surface area is 124 Å². The molecule has 0 saturated heterocycles. The molecule has 0 bridgehead atoms. The van der Waals surface area contributed by atoms with Crippen molar-refractivity contribution in [3.05, 3.63) is 59.3 Å². The number of benzene rings is 1. The summed E-state index contributed by atoms with van der Waals surface area (Å²) in [6.07, 6.45) is 7.58. The Balaban J connectivity index is 1.36. The Hall–Kier alpha value is -1.61. The van der Waals surface area contributed by atoms with Crippen molar-refractivity contribution in [3.8, 4) is 0 Å². The summed E-state index contributed by atoms with van der Waals surface area (Å²) in [6, 6.07) is 10.1. The van der Waals surface area contributed by atoms with Gasteiger partial charge in [-0.3, -0.25) is 0 Å². The quantitative estimate of drug-likeness (QED) is 0.908. The van der Waals surface area contributed by atoms with Gasteiger partial charge in [-0.05, 0) is 55.4 Å². The molecule has 2 aliphatic rings. The van der Waals surface area contributed by atoms with Crippen LogP contribution in [0.25, 0.3) is 0 Å². The number of aryl methyl sites for hydroxylation is 1. The van der Waals surface area contributed by atoms with Crippen LogP contribution in [0.2, 0.25) is 0 Å². The van der Waals surface area contributed by atoms with Gasteiger partial charge >= 0.3 is 0 Å². The van der Waals surface area contributed by atoms with Gasteiger partial charge in [-0.15, -0.1) is 0 Å². The molecule has 0 aliphatic heterocycles. The van der Waals surface area contributed by atoms with E-state index in [2.05, 4.69) is 11.4 Å². The zero-order valence-corrected chi connectivity index (χ0v) is 12.0. The highest BCUT2D eigenvalue weighted by Gasteiger charge is 2.33. The molecule has 2 aliphatic carbocycles. The van der Waals surface area contributed by atoms with E-state index in [0.717, 1.165) is 25.0 Å². The van der Waals surface area contributed by atoms with Crippen molar-refractivity contribution in [2.75, 3.05) is 0 Å². The first-order valence-electron chi connectivity index (χ1n) is 7.87. The van der Waals surface area contributed by atoms with E-state index in [4.69, 9.17) is 4.42 Å². The molecular formula is C18H20FNO. The molecule has 1 fully saturated rings. The molecule has 110 valence electrons. The van der Waals surface area contributed by atoms with Gasteiger partial charge in [0.05, 0.1) is 6.26 Å². The molecule has 4 rings (SSSR count). The number of hydrogen-bond acceptors (Lipinski definition) is 2. The molecule has 21 heavy (non-hydrogen) atoms. The first-order chi connectivity index (χ1) is 10.3. The number of halogens is 1. The Bertz CT molecular complexity index is 612. The van der Waals surface area contributed by atoms with E-state index in [1.807, 2.05) is 18.4 Å². The number of rotatable bonds is 3. The molecule has 2 nitrogen and oxygen atoms in total. The fourth-order valence-electron chi connectivity index (χ4n) is 3.71. The van der Waals surface area contributed by atoms with Crippen molar-refractivity contribution in [1.82, 2.24) is 5.32 Å². The summed E-state index contributed by atoms with van der Waals surface area (Å²) in [5, 5.41) is 3.77. The zero-order valence-electron chi connectivity index (χ0n) is 12.0. The first-order valence-corrected chi connectivity index (χ1v) is 7.87. The standard InChI is InChI=1S/C18H20FNO/c19-14-6-4-12(5-7-14)13-10-15(11-13)20-17-2-1-3-18-16(17)8-9-21-18/h4-9,13,15,17,20H,1-3,10-11H2. The predicted molar refractivity (Wildman–Crippen MR) is 79.7 cm³/mol. The number of fused-ring (bicyclic) bond motifs is 1. The number of nitrogens with one attached hydrogen (secondary N) is 1. The summed E-state index contributed by atoms with van der Waals surface area (Å²) >= 11 is 0. The van der Waals surface area contributed by atoms with Crippen LogP contribution in [0, 0.1) is 5.82 Å². The molecule has 0 radical (unpaired) electrons. The highest BCUT2D eigenvalue weighted by Crippen LogP contribution is 2.39. The second-order valence-corrected chi connectivity index (χ2v) is 6.33. The molecule has 0 spiro atoms. The normalized spacial score (nSPS) is 28.0. The van der Waals surface area contributed by atoms with Gasteiger partial charge in [0.1, 0.15) is 11.6 Å². The molecule has 1 aromatic heterocycles. The van der Waals surface area contributed by atoms with Gasteiger partial charge in [-0.1, -0.05) is 12.1 Å². The smallest absolute Gasteiger partial charge is 0.123 e. The minimum atomic E-state index is -0.151. The van der Waals surface area contributed by atoms with Crippen LogP contribution in [-0.2, 0) is 6.42 Å². The molecule has 1 saturated carbocycles. The van der Waals surface area contributed by atoms with E-state index < -0.39 is 0 Å². The second kappa shape index (κ2) is 5.30. The lowest BCUT2D eigenvalue weighted by Crippen LogP contribution is -2.42. The van der Waals surface area contributed by atoms with Gasteiger partial charge in [0.25, 0.3) is 0 Å². The average molecular weight is 285 g/mol. The summed E-state index contributed by atoms with van der Waals surface area (Å²) < 4.78 is 18.5. The topological polar surface area (TPSA) is 25.2 Å². The summed E-state index contributed by atoms with van der Waals surface area (Å²) in [6.45, 7) is 0. The van der Waals surface area contributed by atoms with E-state index >= 15 is 0 Å². The maximum atomic E-state index is 12.9. The van der Waals surface area contributed by atoms with Crippen molar-refractivity contribution < 1.29 is 8.81 Å². The minimum Gasteiger partial charge on any atom is -0.469 e. The molecular weight excluding hydrogens is 265 g/mol. The van der Waals surface area contributed by atoms with Gasteiger partial charge in [0, 0.05) is 24.1 Å². The van der Waals surface area contributed by atoms with Crippen LogP contribution in [-0.4, -0.2) is 6.04 Å². The second-order valence-electron chi connectivity index (χ2n) is 6.33. The fraction of sp³-hybridized carbons (Fsp3) is 0.444. The van der Waals surface area contributed by atoms with Crippen LogP contribution >= 0.6 is 0 Å². The lowest BCUT2D eigenvalue weighted by atomic mass is 9.75. The molecule has 3 heteroatoms. The van der Waals surface area contributed by atoms with Gasteiger partial charge in [-0.25, -0.2) is 4.39 Å². The third kappa shape index (κ3) is 2.51. The molecule has 1 atom stereocenters. The van der Waals surface area contributed by atoms with Crippen LogP contribution in [0.5, 0.6) is 0 Å². The van der Waals surface area contributed by atoms with Gasteiger partial charge in [0.2, 0.25) is 0 Å². The van der Waals surface area contributed by atoms with E-state index in [-0.39, 0.29) is 5.82 Å². The molecule has 1 N–H and O–H groups in total. The monoisotopic (exact) mass is 285 g/mol. The van der Waals surface area contributed by atoms with Gasteiger partial charge in [-0.2, -0.15) is 0 Å². The predicted octanol–water partition coefficient (Wildman–Crippen LogP) is 4.33. The van der Waals surface area contributed by atoms with Crippen molar-refractivity contribution in [2.45, 2.75) is 50.1 Å². The molecule has 1 unspecified atom stereocenters. The van der Waals surface area contributed by atoms with E-state index in [1.54, 1.807) is 12.1 Å². The zero-order chi connectivity index (χ0) is 14.2. The Kier molecular flexibility index (Phi) is 3.30. The van der Waals surface area contributed by atoms with E-state index in [9.17, 15) is 4.39 Å². The largest absolute Gasteiger partial charge is 0.469 e. The highest BCUT2D eigenvalue weighted by molar-refractivity contribution is 5.26. The summed E-state index contributed by atoms with van der Waals surface area (Å²) in [7, 11) is 0. The molecule has 0 amide bonds. The van der Waals surface area contributed by atoms with E-state index in [0.29, 0.717) is 18.0 Å². The van der Waals surface area contributed by atoms with Gasteiger partial charge < -0.3 is 9.73 Å². The van der Waals surface area contributed by atoms with E-state index in [1.165, 1.54) is 24.0 Å². The fourth-order valence-corrected chi connectivity index (χ4v) is 3.71. The van der Waals surface area contributed by atoms with Crippen LogP contribution in [0.15, 0.2) is 41.0 Å². The average Bonchev–Trinajstić information content (AvgIpc) is 2.93. The van der Waals surface area contributed by atoms with Crippen LogP contribution in [0.1, 0.15) is 54.5 Å². The Morgan fingerprint density at radius 3 is 2.71 bits per heavy atom. The third-order valence-electron chi connectivity index (χ3n) is 4.97. The number of furan rings is 1. The highest BCUT2D eigenvalue weighted by atomic mass is 19.1. The number of hydrogen-bond donors (Lipinski definition) is 1. The minimum absolute atomic E-state index is 0.151. The van der Waals surface area contributed by atoms with Crippen LogP contribution in [0.4, 0.5) is 4.39 Å². The molecule has 1 aromatic carbocycles. The molecule has 2 aromatic rings. The lowest BCUT2D eigenvalue weighted by Gasteiger charge is -2.39. The maximum absolute atomic E-state index is 12.9. The molecule has 1 heterocycles. The van der Waals surface area contributed by atoms with Crippen molar-refractivity contribution in [1.29, 1.82) is 0 Å². The summed E-state index contributed by atoms with van der Waals surface area (Å²) in [4.78, 5) is 0. The first kappa shape index (κ1) is 13.1. The van der Waals surface area contributed by atoms with Crippen LogP contribution in [0.3, 0.4) is 0 Å². The maximum Gasteiger partial charge on any atom is 0.123 e. The van der Waals surface area contributed by atoms with Crippen LogP contribution < -0.4 is 5.32 Å². The summed E-state index contributed by atoms with van der Waals surface area (Å²) in [5.74, 6) is 1.59. The van der Waals surface area contributed by atoms with Crippen molar-refractivity contribution in [2.24, 2.45) is 0 Å². The lowest BCUT2D eigenvalue weighted by molar-refractivity contribution is 0.252. The SMILES string of the molecule is Fc1ccc(C2CC(NC3CCCc4occc43)C2)cc1.